The molecular weight excluding hydrogens is 366 g/mol. The van der Waals surface area contributed by atoms with Crippen LogP contribution in [0.2, 0.25) is 0 Å². The van der Waals surface area contributed by atoms with Crippen molar-refractivity contribution >= 4 is 10.9 Å². The van der Waals surface area contributed by atoms with Gasteiger partial charge in [-0.3, -0.25) is 0 Å². The predicted molar refractivity (Wildman–Crippen MR) is 111 cm³/mol. The number of pyridine rings is 1. The lowest BCUT2D eigenvalue weighted by molar-refractivity contribution is 0.380. The van der Waals surface area contributed by atoms with Crippen LogP contribution in [0.4, 0.5) is 0 Å². The van der Waals surface area contributed by atoms with E-state index in [1.54, 1.807) is 13.3 Å². The van der Waals surface area contributed by atoms with Gasteiger partial charge in [-0.25, -0.2) is 4.98 Å². The number of nitrogens with one attached hydrogen (secondary N) is 1. The van der Waals surface area contributed by atoms with Crippen LogP contribution in [-0.4, -0.2) is 52.8 Å². The van der Waals surface area contributed by atoms with Crippen LogP contribution in [0.15, 0.2) is 47.2 Å². The zero-order valence-electron chi connectivity index (χ0n) is 17.0. The zero-order valence-corrected chi connectivity index (χ0v) is 17.0. The quantitative estimate of drug-likeness (QED) is 0.497. The molecule has 0 aliphatic heterocycles. The normalized spacial score (nSPS) is 11.4. The summed E-state index contributed by atoms with van der Waals surface area (Å²) in [6, 6.07) is 10.2. The highest BCUT2D eigenvalue weighted by Gasteiger charge is 2.11. The highest BCUT2D eigenvalue weighted by molar-refractivity contribution is 5.84. The molecule has 0 saturated carbocycles. The molecule has 29 heavy (non-hydrogen) atoms. The van der Waals surface area contributed by atoms with E-state index in [9.17, 15) is 0 Å². The van der Waals surface area contributed by atoms with Crippen LogP contribution in [-0.2, 0) is 19.3 Å². The number of methoxy groups -OCH3 is 1. The smallest absolute Gasteiger partial charge is 0.231 e. The zero-order chi connectivity index (χ0) is 20.2. The average molecular weight is 391 g/mol. The second-order valence-corrected chi connectivity index (χ2v) is 7.41. The van der Waals surface area contributed by atoms with Gasteiger partial charge in [0.05, 0.1) is 13.5 Å². The molecule has 7 heteroatoms. The summed E-state index contributed by atoms with van der Waals surface area (Å²) >= 11 is 0. The third-order valence-corrected chi connectivity index (χ3v) is 4.89. The largest absolute Gasteiger partial charge is 0.481 e. The Balaban J connectivity index is 1.46. The van der Waals surface area contributed by atoms with Crippen LogP contribution < -0.4 is 4.74 Å². The van der Waals surface area contributed by atoms with Gasteiger partial charge in [-0.15, -0.1) is 0 Å². The molecule has 0 saturated heterocycles. The molecule has 0 unspecified atom stereocenters. The molecule has 0 amide bonds. The molecule has 4 rings (SSSR count). The van der Waals surface area contributed by atoms with Gasteiger partial charge < -0.3 is 19.1 Å². The summed E-state index contributed by atoms with van der Waals surface area (Å²) in [5, 5.41) is 5.37. The standard InChI is InChI=1S/C22H25N5O2/c1-27(2)9-8-17-14-23-19-6-4-15(10-18(17)19)12-22-25-20(26-29-22)11-16-5-7-21(28-3)24-13-16/h4-7,10,13-14,23H,8-9,11-12H2,1-3H3. The van der Waals surface area contributed by atoms with Gasteiger partial charge in [0.2, 0.25) is 11.8 Å². The fourth-order valence-electron chi connectivity index (χ4n) is 3.31. The van der Waals surface area contributed by atoms with Crippen molar-refractivity contribution in [3.63, 3.8) is 0 Å². The molecule has 7 nitrogen and oxygen atoms in total. The first-order chi connectivity index (χ1) is 14.1. The second kappa shape index (κ2) is 8.45. The summed E-state index contributed by atoms with van der Waals surface area (Å²) in [5.41, 5.74) is 4.65. The van der Waals surface area contributed by atoms with Crippen molar-refractivity contribution in [3.8, 4) is 5.88 Å². The summed E-state index contributed by atoms with van der Waals surface area (Å²) in [5.74, 6) is 1.86. The molecule has 1 N–H and O–H groups in total. The van der Waals surface area contributed by atoms with Gasteiger partial charge in [0.15, 0.2) is 5.82 Å². The van der Waals surface area contributed by atoms with E-state index in [0.29, 0.717) is 30.4 Å². The van der Waals surface area contributed by atoms with E-state index in [0.717, 1.165) is 29.6 Å². The Bertz CT molecular complexity index is 1080. The lowest BCUT2D eigenvalue weighted by Gasteiger charge is -2.08. The van der Waals surface area contributed by atoms with E-state index >= 15 is 0 Å². The number of rotatable bonds is 8. The van der Waals surface area contributed by atoms with E-state index in [1.807, 2.05) is 12.1 Å². The summed E-state index contributed by atoms with van der Waals surface area (Å²) in [6.07, 6.45) is 6.07. The van der Waals surface area contributed by atoms with Gasteiger partial charge in [-0.1, -0.05) is 17.3 Å². The molecule has 150 valence electrons. The number of aromatic nitrogens is 4. The SMILES string of the molecule is COc1ccc(Cc2noc(Cc3ccc4[nH]cc(CCN(C)C)c4c3)n2)cn1. The van der Waals surface area contributed by atoms with Crippen LogP contribution >= 0.6 is 0 Å². The van der Waals surface area contributed by atoms with E-state index < -0.39 is 0 Å². The first-order valence-electron chi connectivity index (χ1n) is 9.64. The van der Waals surface area contributed by atoms with Crippen molar-refractivity contribution in [2.45, 2.75) is 19.3 Å². The predicted octanol–water partition coefficient (Wildman–Crippen LogP) is 3.24. The molecule has 0 fully saturated rings. The van der Waals surface area contributed by atoms with Crippen molar-refractivity contribution in [2.24, 2.45) is 0 Å². The Hall–Kier alpha value is -3.19. The Labute approximate surface area is 169 Å². The highest BCUT2D eigenvalue weighted by atomic mass is 16.5. The lowest BCUT2D eigenvalue weighted by Crippen LogP contribution is -2.14. The summed E-state index contributed by atoms with van der Waals surface area (Å²) in [6.45, 7) is 1.02. The fraction of sp³-hybridized carbons (Fsp3) is 0.318. The van der Waals surface area contributed by atoms with Crippen LogP contribution in [0.1, 0.15) is 28.4 Å². The number of hydrogen-bond donors (Lipinski definition) is 1. The van der Waals surface area contributed by atoms with Crippen molar-refractivity contribution in [1.82, 2.24) is 25.0 Å². The van der Waals surface area contributed by atoms with Gasteiger partial charge in [0.1, 0.15) is 0 Å². The second-order valence-electron chi connectivity index (χ2n) is 7.41. The topological polar surface area (TPSA) is 80.1 Å². The van der Waals surface area contributed by atoms with E-state index in [1.165, 1.54) is 10.9 Å². The monoisotopic (exact) mass is 391 g/mol. The number of hydrogen-bond acceptors (Lipinski definition) is 6. The molecule has 0 bridgehead atoms. The van der Waals surface area contributed by atoms with Crippen LogP contribution in [0.25, 0.3) is 10.9 Å². The first-order valence-corrected chi connectivity index (χ1v) is 9.64. The molecule has 3 heterocycles. The fourth-order valence-corrected chi connectivity index (χ4v) is 3.31. The molecule has 0 radical (unpaired) electrons. The maximum Gasteiger partial charge on any atom is 0.231 e. The third kappa shape index (κ3) is 4.63. The number of benzene rings is 1. The lowest BCUT2D eigenvalue weighted by atomic mass is 10.1. The summed E-state index contributed by atoms with van der Waals surface area (Å²) < 4.78 is 10.6. The van der Waals surface area contributed by atoms with Crippen molar-refractivity contribution in [2.75, 3.05) is 27.7 Å². The maximum absolute atomic E-state index is 5.47. The van der Waals surface area contributed by atoms with Crippen LogP contribution in [0, 0.1) is 0 Å². The molecule has 0 aliphatic rings. The Morgan fingerprint density at radius 1 is 1.10 bits per heavy atom. The number of nitrogens with zero attached hydrogens (tertiary/aromatic N) is 4. The van der Waals surface area contributed by atoms with E-state index in [2.05, 4.69) is 63.5 Å². The van der Waals surface area contributed by atoms with Crippen LogP contribution in [0.3, 0.4) is 0 Å². The minimum atomic E-state index is 0.575. The van der Waals surface area contributed by atoms with Crippen LogP contribution in [0.5, 0.6) is 5.88 Å². The van der Waals surface area contributed by atoms with Gasteiger partial charge in [-0.05, 0) is 49.3 Å². The number of likely N-dealkylation sites (N-methyl/N-ethyl adjacent to an activating group) is 1. The molecule has 4 aromatic rings. The van der Waals surface area contributed by atoms with Gasteiger partial charge >= 0.3 is 0 Å². The molecule has 0 spiro atoms. The molecular formula is C22H25N5O2. The Kier molecular flexibility index (Phi) is 5.57. The highest BCUT2D eigenvalue weighted by Crippen LogP contribution is 2.22. The number of aromatic amines is 1. The molecule has 0 atom stereocenters. The maximum atomic E-state index is 5.47. The van der Waals surface area contributed by atoms with Gasteiger partial charge in [0, 0.05) is 42.3 Å². The molecule has 0 aliphatic carbocycles. The van der Waals surface area contributed by atoms with Crippen molar-refractivity contribution < 1.29 is 9.26 Å². The Morgan fingerprint density at radius 2 is 1.97 bits per heavy atom. The van der Waals surface area contributed by atoms with Crippen molar-refractivity contribution in [3.05, 3.63) is 71.1 Å². The summed E-state index contributed by atoms with van der Waals surface area (Å²) in [4.78, 5) is 14.3. The minimum absolute atomic E-state index is 0.575. The minimum Gasteiger partial charge on any atom is -0.481 e. The van der Waals surface area contributed by atoms with Gasteiger partial charge in [-0.2, -0.15) is 4.98 Å². The van der Waals surface area contributed by atoms with Gasteiger partial charge in [0.25, 0.3) is 0 Å². The number of ether oxygens (including phenoxy) is 1. The number of fused-ring (bicyclic) bond motifs is 1. The molecule has 3 aromatic heterocycles. The van der Waals surface area contributed by atoms with E-state index in [-0.39, 0.29) is 0 Å². The Morgan fingerprint density at radius 3 is 2.72 bits per heavy atom. The average Bonchev–Trinajstić information content (AvgIpc) is 3.33. The number of H-pyrrole nitrogens is 1. The third-order valence-electron chi connectivity index (χ3n) is 4.89. The summed E-state index contributed by atoms with van der Waals surface area (Å²) in [7, 11) is 5.79. The first kappa shape index (κ1) is 19.1. The molecule has 1 aromatic carbocycles. The van der Waals surface area contributed by atoms with E-state index in [4.69, 9.17) is 9.26 Å². The van der Waals surface area contributed by atoms with Crippen molar-refractivity contribution in [1.29, 1.82) is 0 Å².